The smallest absolute Gasteiger partial charge is 0.222 e. The van der Waals surface area contributed by atoms with Crippen molar-refractivity contribution in [3.8, 4) is 5.69 Å². The number of piperazine rings is 1. The number of aromatic nitrogens is 4. The van der Waals surface area contributed by atoms with Crippen LogP contribution < -0.4 is 4.90 Å². The van der Waals surface area contributed by atoms with Gasteiger partial charge in [-0.25, -0.2) is 19.0 Å². The number of fused-ring (bicyclic) bond motifs is 1. The summed E-state index contributed by atoms with van der Waals surface area (Å²) in [4.78, 5) is 27.0. The number of aryl methyl sites for hydroxylation is 1. The Labute approximate surface area is 213 Å². The Bertz CT molecular complexity index is 1170. The van der Waals surface area contributed by atoms with Crippen LogP contribution in [0.2, 0.25) is 0 Å². The van der Waals surface area contributed by atoms with E-state index in [1.165, 1.54) is 25.0 Å². The summed E-state index contributed by atoms with van der Waals surface area (Å²) in [5.41, 5.74) is 2.36. The summed E-state index contributed by atoms with van der Waals surface area (Å²) >= 11 is 0. The van der Waals surface area contributed by atoms with Gasteiger partial charge in [0.1, 0.15) is 17.5 Å². The SMILES string of the molecule is CCCCCCC(=O)N1CCN(c2nc(C(C)CCC)nc3c2c(C)nn3-c2ccc(F)cc2)CC1. The Kier molecular flexibility index (Phi) is 8.54. The van der Waals surface area contributed by atoms with Gasteiger partial charge in [-0.3, -0.25) is 4.79 Å². The van der Waals surface area contributed by atoms with E-state index in [1.807, 2.05) is 11.8 Å². The normalized spacial score (nSPS) is 15.0. The molecule has 4 rings (SSSR count). The van der Waals surface area contributed by atoms with Crippen LogP contribution in [0.15, 0.2) is 24.3 Å². The minimum atomic E-state index is -0.280. The fraction of sp³-hybridized carbons (Fsp3) is 0.571. The molecule has 8 heteroatoms. The first-order valence-electron chi connectivity index (χ1n) is 13.5. The Morgan fingerprint density at radius 3 is 2.39 bits per heavy atom. The lowest BCUT2D eigenvalue weighted by molar-refractivity contribution is -0.131. The van der Waals surface area contributed by atoms with Crippen molar-refractivity contribution in [2.75, 3.05) is 31.1 Å². The highest BCUT2D eigenvalue weighted by molar-refractivity contribution is 5.91. The molecule has 1 atom stereocenters. The summed E-state index contributed by atoms with van der Waals surface area (Å²) in [7, 11) is 0. The predicted octanol–water partition coefficient (Wildman–Crippen LogP) is 5.79. The lowest BCUT2D eigenvalue weighted by Gasteiger charge is -2.36. The molecule has 1 amide bonds. The van der Waals surface area contributed by atoms with Crippen LogP contribution >= 0.6 is 0 Å². The van der Waals surface area contributed by atoms with Gasteiger partial charge in [-0.05, 0) is 44.0 Å². The molecule has 0 aliphatic carbocycles. The van der Waals surface area contributed by atoms with E-state index in [4.69, 9.17) is 15.1 Å². The van der Waals surface area contributed by atoms with Crippen molar-refractivity contribution in [1.82, 2.24) is 24.6 Å². The monoisotopic (exact) mass is 494 g/mol. The van der Waals surface area contributed by atoms with Crippen molar-refractivity contribution in [3.05, 3.63) is 41.6 Å². The van der Waals surface area contributed by atoms with Crippen LogP contribution in [-0.4, -0.2) is 56.7 Å². The molecule has 3 heterocycles. The third-order valence-electron chi connectivity index (χ3n) is 7.11. The van der Waals surface area contributed by atoms with Crippen LogP contribution in [0.3, 0.4) is 0 Å². The van der Waals surface area contributed by atoms with E-state index in [0.29, 0.717) is 19.5 Å². The number of anilines is 1. The molecule has 0 bridgehead atoms. The Morgan fingerprint density at radius 2 is 1.72 bits per heavy atom. The molecule has 1 aromatic carbocycles. The average Bonchev–Trinajstić information content (AvgIpc) is 3.23. The lowest BCUT2D eigenvalue weighted by atomic mass is 10.1. The standard InChI is InChI=1S/C28H39FN6O/c1-5-7-8-9-11-24(36)33-16-18-34(19-17-33)27-25-21(4)32-35(23-14-12-22(29)13-15-23)28(25)31-26(30-27)20(3)10-6-2/h12-15,20H,5-11,16-19H2,1-4H3. The van der Waals surface area contributed by atoms with Crippen LogP contribution in [0.4, 0.5) is 10.2 Å². The van der Waals surface area contributed by atoms with E-state index in [2.05, 4.69) is 25.7 Å². The molecule has 194 valence electrons. The molecule has 1 unspecified atom stereocenters. The second-order valence-corrected chi connectivity index (χ2v) is 9.95. The number of halogens is 1. The zero-order chi connectivity index (χ0) is 25.7. The van der Waals surface area contributed by atoms with Gasteiger partial charge in [0.05, 0.1) is 16.8 Å². The van der Waals surface area contributed by atoms with Gasteiger partial charge in [-0.1, -0.05) is 46.5 Å². The summed E-state index contributed by atoms with van der Waals surface area (Å²) in [6, 6.07) is 6.34. The minimum Gasteiger partial charge on any atom is -0.352 e. The number of unbranched alkanes of at least 4 members (excludes halogenated alkanes) is 3. The number of amides is 1. The summed E-state index contributed by atoms with van der Waals surface area (Å²) in [5.74, 6) is 1.88. The minimum absolute atomic E-state index is 0.209. The van der Waals surface area contributed by atoms with Crippen LogP contribution in [0.1, 0.15) is 83.2 Å². The summed E-state index contributed by atoms with van der Waals surface area (Å²) in [5, 5.41) is 5.71. The number of benzene rings is 1. The Morgan fingerprint density at radius 1 is 1.00 bits per heavy atom. The molecular weight excluding hydrogens is 455 g/mol. The van der Waals surface area contributed by atoms with Crippen molar-refractivity contribution in [3.63, 3.8) is 0 Å². The number of hydrogen-bond acceptors (Lipinski definition) is 5. The molecule has 1 fully saturated rings. The van der Waals surface area contributed by atoms with Crippen molar-refractivity contribution in [1.29, 1.82) is 0 Å². The Balaban J connectivity index is 1.63. The van der Waals surface area contributed by atoms with Crippen LogP contribution in [0, 0.1) is 12.7 Å². The van der Waals surface area contributed by atoms with E-state index in [9.17, 15) is 9.18 Å². The average molecular weight is 495 g/mol. The maximum absolute atomic E-state index is 13.6. The molecule has 0 radical (unpaired) electrons. The third-order valence-corrected chi connectivity index (χ3v) is 7.11. The first kappa shape index (κ1) is 26.0. The number of rotatable bonds is 10. The fourth-order valence-electron chi connectivity index (χ4n) is 4.98. The molecule has 0 spiro atoms. The summed E-state index contributed by atoms with van der Waals surface area (Å²) in [6.07, 6.45) is 7.14. The van der Waals surface area contributed by atoms with Gasteiger partial charge < -0.3 is 9.80 Å². The first-order valence-corrected chi connectivity index (χ1v) is 13.5. The van der Waals surface area contributed by atoms with Crippen LogP contribution in [0.25, 0.3) is 16.7 Å². The molecule has 0 saturated carbocycles. The summed E-state index contributed by atoms with van der Waals surface area (Å²) < 4.78 is 15.4. The van der Waals surface area contributed by atoms with Gasteiger partial charge in [0.25, 0.3) is 0 Å². The highest BCUT2D eigenvalue weighted by atomic mass is 19.1. The number of carbonyl (C=O) groups excluding carboxylic acids is 1. The predicted molar refractivity (Wildman–Crippen MR) is 142 cm³/mol. The van der Waals surface area contributed by atoms with Crippen molar-refractivity contribution >= 4 is 22.8 Å². The zero-order valence-electron chi connectivity index (χ0n) is 22.1. The molecule has 0 N–H and O–H groups in total. The first-order chi connectivity index (χ1) is 17.4. The van der Waals surface area contributed by atoms with Gasteiger partial charge in [-0.15, -0.1) is 0 Å². The van der Waals surface area contributed by atoms with Gasteiger partial charge in [0, 0.05) is 38.5 Å². The molecular formula is C28H39FN6O. The number of hydrogen-bond donors (Lipinski definition) is 0. The maximum Gasteiger partial charge on any atom is 0.222 e. The van der Waals surface area contributed by atoms with Crippen molar-refractivity contribution in [2.24, 2.45) is 0 Å². The molecule has 1 aliphatic heterocycles. The van der Waals surface area contributed by atoms with Gasteiger partial charge in [0.2, 0.25) is 5.91 Å². The lowest BCUT2D eigenvalue weighted by Crippen LogP contribution is -2.49. The Hall–Kier alpha value is -3.03. The topological polar surface area (TPSA) is 67.2 Å². The maximum atomic E-state index is 13.6. The van der Waals surface area contributed by atoms with E-state index >= 15 is 0 Å². The highest BCUT2D eigenvalue weighted by Gasteiger charge is 2.27. The zero-order valence-corrected chi connectivity index (χ0v) is 22.1. The molecule has 7 nitrogen and oxygen atoms in total. The van der Waals surface area contributed by atoms with Crippen molar-refractivity contribution in [2.45, 2.75) is 78.6 Å². The van der Waals surface area contributed by atoms with Gasteiger partial charge in [-0.2, -0.15) is 5.10 Å². The fourth-order valence-corrected chi connectivity index (χ4v) is 4.98. The van der Waals surface area contributed by atoms with Crippen molar-refractivity contribution < 1.29 is 9.18 Å². The van der Waals surface area contributed by atoms with E-state index in [1.54, 1.807) is 16.8 Å². The molecule has 1 saturated heterocycles. The third kappa shape index (κ3) is 5.68. The highest BCUT2D eigenvalue weighted by Crippen LogP contribution is 2.32. The van der Waals surface area contributed by atoms with E-state index in [0.717, 1.165) is 72.8 Å². The second-order valence-electron chi connectivity index (χ2n) is 9.95. The van der Waals surface area contributed by atoms with Crippen LogP contribution in [0.5, 0.6) is 0 Å². The van der Waals surface area contributed by atoms with E-state index < -0.39 is 0 Å². The molecule has 1 aliphatic rings. The number of nitrogens with zero attached hydrogens (tertiary/aromatic N) is 6. The number of carbonyl (C=O) groups is 1. The van der Waals surface area contributed by atoms with Gasteiger partial charge >= 0.3 is 0 Å². The summed E-state index contributed by atoms with van der Waals surface area (Å²) in [6.45, 7) is 11.3. The molecule has 3 aromatic rings. The molecule has 2 aromatic heterocycles. The largest absolute Gasteiger partial charge is 0.352 e. The molecule has 36 heavy (non-hydrogen) atoms. The second kappa shape index (κ2) is 11.8. The quantitative estimate of drug-likeness (QED) is 0.334. The van der Waals surface area contributed by atoms with Crippen LogP contribution in [-0.2, 0) is 4.79 Å². The van der Waals surface area contributed by atoms with Gasteiger partial charge in [0.15, 0.2) is 5.65 Å². The van der Waals surface area contributed by atoms with E-state index in [-0.39, 0.29) is 17.6 Å².